The fourth-order valence-electron chi connectivity index (χ4n) is 2.13. The Morgan fingerprint density at radius 3 is 2.47 bits per heavy atom. The summed E-state index contributed by atoms with van der Waals surface area (Å²) in [7, 11) is 0. The first-order valence-electron chi connectivity index (χ1n) is 5.91. The molecule has 2 nitrogen and oxygen atoms in total. The van der Waals surface area contributed by atoms with Crippen LogP contribution in [0, 0.1) is 0 Å². The van der Waals surface area contributed by atoms with E-state index in [-0.39, 0.29) is 11.1 Å². The number of alkyl halides is 3. The number of hydrogen-bond donors (Lipinski definition) is 1. The number of hydrogen-bond acceptors (Lipinski definition) is 1. The molecule has 0 heterocycles. The van der Waals surface area contributed by atoms with Crippen LogP contribution in [0.2, 0.25) is 0 Å². The molecule has 1 N–H and O–H groups in total. The third kappa shape index (κ3) is 3.11. The van der Waals surface area contributed by atoms with Crippen molar-refractivity contribution >= 4 is 21.8 Å². The van der Waals surface area contributed by atoms with Gasteiger partial charge in [-0.3, -0.25) is 4.79 Å². The molecular weight excluding hydrogens is 323 g/mol. The fourth-order valence-corrected chi connectivity index (χ4v) is 2.49. The van der Waals surface area contributed by atoms with E-state index in [4.69, 9.17) is 0 Å². The summed E-state index contributed by atoms with van der Waals surface area (Å²) in [6.45, 7) is 1.85. The van der Waals surface area contributed by atoms with Gasteiger partial charge in [0.15, 0.2) is 0 Å². The van der Waals surface area contributed by atoms with E-state index in [0.717, 1.165) is 25.3 Å². The average molecular weight is 336 g/mol. The van der Waals surface area contributed by atoms with Gasteiger partial charge < -0.3 is 5.32 Å². The number of rotatable bonds is 2. The standard InChI is InChI=1S/C13H13BrF3NO/c1-12(5-2-6-12)18-11(19)9-7-8(14)3-4-10(9)13(15,16)17/h3-4,7H,2,5-6H2,1H3,(H,18,19). The molecule has 1 amide bonds. The Labute approximate surface area is 117 Å². The average Bonchev–Trinajstić information content (AvgIpc) is 2.25. The molecule has 1 fully saturated rings. The molecule has 0 spiro atoms. The molecule has 0 atom stereocenters. The second-order valence-corrected chi connectivity index (χ2v) is 5.97. The molecule has 0 unspecified atom stereocenters. The van der Waals surface area contributed by atoms with Crippen molar-refractivity contribution in [3.05, 3.63) is 33.8 Å². The van der Waals surface area contributed by atoms with Crippen molar-refractivity contribution < 1.29 is 18.0 Å². The van der Waals surface area contributed by atoms with E-state index < -0.39 is 17.6 Å². The van der Waals surface area contributed by atoms with Crippen molar-refractivity contribution in [3.8, 4) is 0 Å². The van der Waals surface area contributed by atoms with Crippen molar-refractivity contribution in [1.29, 1.82) is 0 Å². The van der Waals surface area contributed by atoms with Gasteiger partial charge >= 0.3 is 6.18 Å². The van der Waals surface area contributed by atoms with Crippen LogP contribution in [-0.4, -0.2) is 11.4 Å². The van der Waals surface area contributed by atoms with Crippen LogP contribution in [0.15, 0.2) is 22.7 Å². The van der Waals surface area contributed by atoms with Gasteiger partial charge in [-0.25, -0.2) is 0 Å². The van der Waals surface area contributed by atoms with Gasteiger partial charge in [0.2, 0.25) is 0 Å². The molecule has 104 valence electrons. The molecule has 2 rings (SSSR count). The van der Waals surface area contributed by atoms with E-state index in [1.54, 1.807) is 0 Å². The second-order valence-electron chi connectivity index (χ2n) is 5.06. The van der Waals surface area contributed by atoms with Crippen LogP contribution in [0.1, 0.15) is 42.1 Å². The third-order valence-corrected chi connectivity index (χ3v) is 3.90. The third-order valence-electron chi connectivity index (χ3n) is 3.40. The summed E-state index contributed by atoms with van der Waals surface area (Å²) in [5, 5.41) is 2.69. The summed E-state index contributed by atoms with van der Waals surface area (Å²) >= 11 is 3.09. The molecule has 0 aliphatic heterocycles. The fraction of sp³-hybridized carbons (Fsp3) is 0.462. The van der Waals surface area contributed by atoms with Crippen LogP contribution in [0.25, 0.3) is 0 Å². The summed E-state index contributed by atoms with van der Waals surface area (Å²) in [6.07, 6.45) is -1.95. The maximum absolute atomic E-state index is 12.9. The monoisotopic (exact) mass is 335 g/mol. The predicted molar refractivity (Wildman–Crippen MR) is 68.9 cm³/mol. The predicted octanol–water partition coefficient (Wildman–Crippen LogP) is 4.14. The lowest BCUT2D eigenvalue weighted by Gasteiger charge is -2.39. The highest BCUT2D eigenvalue weighted by molar-refractivity contribution is 9.10. The van der Waals surface area contributed by atoms with Gasteiger partial charge in [0.05, 0.1) is 11.1 Å². The number of carbonyl (C=O) groups excluding carboxylic acids is 1. The van der Waals surface area contributed by atoms with E-state index in [1.165, 1.54) is 12.1 Å². The first-order chi connectivity index (χ1) is 8.71. The Morgan fingerprint density at radius 1 is 1.37 bits per heavy atom. The zero-order valence-electron chi connectivity index (χ0n) is 10.3. The van der Waals surface area contributed by atoms with Gasteiger partial charge in [0.25, 0.3) is 5.91 Å². The number of halogens is 4. The summed E-state index contributed by atoms with van der Waals surface area (Å²) in [4.78, 5) is 12.0. The number of benzene rings is 1. The van der Waals surface area contributed by atoms with E-state index in [0.29, 0.717) is 4.47 Å². The molecule has 0 saturated heterocycles. The maximum Gasteiger partial charge on any atom is 0.417 e. The lowest BCUT2D eigenvalue weighted by molar-refractivity contribution is -0.138. The normalized spacial score (nSPS) is 17.7. The van der Waals surface area contributed by atoms with E-state index >= 15 is 0 Å². The Bertz CT molecular complexity index is 509. The lowest BCUT2D eigenvalue weighted by atomic mass is 9.78. The Morgan fingerprint density at radius 2 is 2.00 bits per heavy atom. The van der Waals surface area contributed by atoms with Crippen LogP contribution in [0.4, 0.5) is 13.2 Å². The quantitative estimate of drug-likeness (QED) is 0.864. The minimum absolute atomic E-state index is 0.338. The molecular formula is C13H13BrF3NO. The lowest BCUT2D eigenvalue weighted by Crippen LogP contribution is -2.51. The highest BCUT2D eigenvalue weighted by Gasteiger charge is 2.38. The van der Waals surface area contributed by atoms with Gasteiger partial charge in [-0.15, -0.1) is 0 Å². The molecule has 19 heavy (non-hydrogen) atoms. The van der Waals surface area contributed by atoms with Crippen molar-refractivity contribution in [3.63, 3.8) is 0 Å². The van der Waals surface area contributed by atoms with Gasteiger partial charge in [-0.2, -0.15) is 13.2 Å². The van der Waals surface area contributed by atoms with Crippen molar-refractivity contribution in [1.82, 2.24) is 5.32 Å². The van der Waals surface area contributed by atoms with Gasteiger partial charge in [0.1, 0.15) is 0 Å². The summed E-state index contributed by atoms with van der Waals surface area (Å²) in [5.74, 6) is -0.671. The first-order valence-corrected chi connectivity index (χ1v) is 6.70. The number of carbonyl (C=O) groups is 1. The zero-order chi connectivity index (χ0) is 14.3. The molecule has 1 aromatic carbocycles. The highest BCUT2D eigenvalue weighted by atomic mass is 79.9. The number of amides is 1. The summed E-state index contributed by atoms with van der Waals surface area (Å²) in [6, 6.07) is 3.41. The molecule has 6 heteroatoms. The zero-order valence-corrected chi connectivity index (χ0v) is 11.9. The van der Waals surface area contributed by atoms with Crippen LogP contribution in [0.5, 0.6) is 0 Å². The minimum Gasteiger partial charge on any atom is -0.347 e. The van der Waals surface area contributed by atoms with E-state index in [2.05, 4.69) is 21.2 Å². The van der Waals surface area contributed by atoms with Crippen molar-refractivity contribution in [2.75, 3.05) is 0 Å². The smallest absolute Gasteiger partial charge is 0.347 e. The van der Waals surface area contributed by atoms with Crippen molar-refractivity contribution in [2.45, 2.75) is 37.9 Å². The Balaban J connectivity index is 2.32. The molecule has 1 aliphatic carbocycles. The Hall–Kier alpha value is -1.04. The van der Waals surface area contributed by atoms with Gasteiger partial charge in [-0.05, 0) is 44.4 Å². The molecule has 0 radical (unpaired) electrons. The minimum atomic E-state index is -4.53. The largest absolute Gasteiger partial charge is 0.417 e. The van der Waals surface area contributed by atoms with Gasteiger partial charge in [-0.1, -0.05) is 15.9 Å². The van der Waals surface area contributed by atoms with E-state index in [9.17, 15) is 18.0 Å². The summed E-state index contributed by atoms with van der Waals surface area (Å²) in [5.41, 5.74) is -1.62. The highest BCUT2D eigenvalue weighted by Crippen LogP contribution is 2.35. The first kappa shape index (κ1) is 14.4. The SMILES string of the molecule is CC1(NC(=O)c2cc(Br)ccc2C(F)(F)F)CCC1. The van der Waals surface area contributed by atoms with Gasteiger partial charge in [0, 0.05) is 10.0 Å². The maximum atomic E-state index is 12.9. The van der Waals surface area contributed by atoms with E-state index in [1.807, 2.05) is 6.92 Å². The Kier molecular flexibility index (Phi) is 3.64. The van der Waals surface area contributed by atoms with Crippen LogP contribution in [-0.2, 0) is 6.18 Å². The molecule has 1 saturated carbocycles. The van der Waals surface area contributed by atoms with Crippen LogP contribution >= 0.6 is 15.9 Å². The molecule has 1 aliphatic rings. The summed E-state index contributed by atoms with van der Waals surface area (Å²) < 4.78 is 39.1. The van der Waals surface area contributed by atoms with Crippen molar-refractivity contribution in [2.24, 2.45) is 0 Å². The number of nitrogens with one attached hydrogen (secondary N) is 1. The second kappa shape index (κ2) is 4.81. The molecule has 0 aromatic heterocycles. The van der Waals surface area contributed by atoms with Crippen LogP contribution in [0.3, 0.4) is 0 Å². The molecule has 1 aromatic rings. The van der Waals surface area contributed by atoms with Crippen LogP contribution < -0.4 is 5.32 Å². The molecule has 0 bridgehead atoms. The topological polar surface area (TPSA) is 29.1 Å².